The fraction of sp³-hybridized carbons (Fsp3) is 0.429. The number of nitrogens with one attached hydrogen (secondary N) is 1. The number of nitriles is 1. The van der Waals surface area contributed by atoms with Crippen LogP contribution < -0.4 is 5.32 Å². The summed E-state index contributed by atoms with van der Waals surface area (Å²) in [6, 6.07) is 4.93. The number of nitrogens with zero attached hydrogens (tertiary/aromatic N) is 3. The van der Waals surface area contributed by atoms with Crippen molar-refractivity contribution in [3.8, 4) is 6.07 Å². The second-order valence-electron chi connectivity index (χ2n) is 4.71. The molecule has 1 saturated heterocycles. The van der Waals surface area contributed by atoms with Crippen LogP contribution in [0.4, 0.5) is 0 Å². The van der Waals surface area contributed by atoms with Gasteiger partial charge in [0.1, 0.15) is 11.8 Å². The Morgan fingerprint density at radius 3 is 3.00 bits per heavy atom. The first-order valence-electron chi connectivity index (χ1n) is 6.61. The number of rotatable bonds is 3. The smallest absolute Gasteiger partial charge is 0.252 e. The van der Waals surface area contributed by atoms with E-state index in [1.54, 1.807) is 11.0 Å². The predicted octanol–water partition coefficient (Wildman–Crippen LogP) is -0.0696. The van der Waals surface area contributed by atoms with Crippen molar-refractivity contribution in [2.45, 2.75) is 13.0 Å². The summed E-state index contributed by atoms with van der Waals surface area (Å²) in [5.41, 5.74) is 0.646. The number of pyridine rings is 1. The molecule has 1 aromatic rings. The Balaban J connectivity index is 1.85. The van der Waals surface area contributed by atoms with Crippen LogP contribution in [0.2, 0.25) is 0 Å². The summed E-state index contributed by atoms with van der Waals surface area (Å²) in [4.78, 5) is 28.8. The maximum absolute atomic E-state index is 11.9. The van der Waals surface area contributed by atoms with Gasteiger partial charge in [-0.05, 0) is 12.1 Å². The summed E-state index contributed by atoms with van der Waals surface area (Å²) in [6.07, 6.45) is 1.15. The lowest BCUT2D eigenvalue weighted by molar-refractivity contribution is -0.136. The van der Waals surface area contributed by atoms with Crippen LogP contribution in [0.25, 0.3) is 0 Å². The third-order valence-corrected chi connectivity index (χ3v) is 3.21. The van der Waals surface area contributed by atoms with E-state index in [4.69, 9.17) is 10.00 Å². The largest absolute Gasteiger partial charge is 0.373 e. The molecule has 2 rings (SSSR count). The van der Waals surface area contributed by atoms with Crippen molar-refractivity contribution < 1.29 is 14.3 Å². The number of aromatic nitrogens is 1. The van der Waals surface area contributed by atoms with Gasteiger partial charge < -0.3 is 15.0 Å². The van der Waals surface area contributed by atoms with E-state index < -0.39 is 0 Å². The molecular formula is C14H16N4O3. The van der Waals surface area contributed by atoms with E-state index in [1.165, 1.54) is 19.2 Å². The number of hydrogen-bond donors (Lipinski definition) is 1. The lowest BCUT2D eigenvalue weighted by Crippen LogP contribution is -2.49. The molecule has 0 saturated carbocycles. The zero-order valence-corrected chi connectivity index (χ0v) is 11.7. The molecule has 1 aromatic heterocycles. The quantitative estimate of drug-likeness (QED) is 0.840. The molecule has 110 valence electrons. The Labute approximate surface area is 122 Å². The molecule has 0 radical (unpaired) electrons. The molecule has 2 heterocycles. The van der Waals surface area contributed by atoms with E-state index in [1.807, 2.05) is 6.07 Å². The van der Waals surface area contributed by atoms with Gasteiger partial charge in [0.2, 0.25) is 5.91 Å². The van der Waals surface area contributed by atoms with Crippen LogP contribution in [0.5, 0.6) is 0 Å². The number of hydrogen-bond acceptors (Lipinski definition) is 5. The van der Waals surface area contributed by atoms with Gasteiger partial charge in [0, 0.05) is 32.8 Å². The Morgan fingerprint density at radius 2 is 2.38 bits per heavy atom. The van der Waals surface area contributed by atoms with E-state index >= 15 is 0 Å². The monoisotopic (exact) mass is 288 g/mol. The van der Waals surface area contributed by atoms with E-state index in [2.05, 4.69) is 10.3 Å². The van der Waals surface area contributed by atoms with E-state index in [-0.39, 0.29) is 23.6 Å². The molecule has 0 aliphatic carbocycles. The molecule has 1 N–H and O–H groups in total. The highest BCUT2D eigenvalue weighted by atomic mass is 16.5. The van der Waals surface area contributed by atoms with Gasteiger partial charge in [0.25, 0.3) is 5.91 Å². The molecule has 2 amide bonds. The minimum absolute atomic E-state index is 0.00548. The number of ether oxygens (including phenoxy) is 1. The predicted molar refractivity (Wildman–Crippen MR) is 73.3 cm³/mol. The lowest BCUT2D eigenvalue weighted by Gasteiger charge is -2.32. The maximum atomic E-state index is 11.9. The number of amides is 2. The fourth-order valence-electron chi connectivity index (χ4n) is 2.03. The summed E-state index contributed by atoms with van der Waals surface area (Å²) in [7, 11) is 0. The molecule has 1 aliphatic heterocycles. The summed E-state index contributed by atoms with van der Waals surface area (Å²) in [5, 5.41) is 11.4. The van der Waals surface area contributed by atoms with E-state index in [0.717, 1.165) is 0 Å². The molecule has 1 fully saturated rings. The van der Waals surface area contributed by atoms with E-state index in [9.17, 15) is 9.59 Å². The maximum Gasteiger partial charge on any atom is 0.252 e. The van der Waals surface area contributed by atoms with Crippen molar-refractivity contribution in [3.63, 3.8) is 0 Å². The number of carbonyl (C=O) groups is 2. The highest BCUT2D eigenvalue weighted by Gasteiger charge is 2.22. The van der Waals surface area contributed by atoms with Gasteiger partial charge in [-0.1, -0.05) is 0 Å². The fourth-order valence-corrected chi connectivity index (χ4v) is 2.03. The Bertz CT molecular complexity index is 565. The van der Waals surface area contributed by atoms with Crippen molar-refractivity contribution in [1.82, 2.24) is 15.2 Å². The number of carbonyl (C=O) groups excluding carboxylic acids is 2. The standard InChI is InChI=1S/C14H16N4O3/c1-10(19)18-4-5-21-13(9-18)8-17-14(20)11-2-3-12(6-15)16-7-11/h2-3,7,13H,4-5,8-9H2,1H3,(H,17,20)/t13-/m0/s1. The molecule has 0 spiro atoms. The highest BCUT2D eigenvalue weighted by Crippen LogP contribution is 2.05. The van der Waals surface area contributed by atoms with Gasteiger partial charge in [-0.25, -0.2) is 4.98 Å². The lowest BCUT2D eigenvalue weighted by atomic mass is 10.2. The molecule has 21 heavy (non-hydrogen) atoms. The summed E-state index contributed by atoms with van der Waals surface area (Å²) in [6.45, 7) is 3.37. The minimum Gasteiger partial charge on any atom is -0.373 e. The highest BCUT2D eigenvalue weighted by molar-refractivity contribution is 5.93. The van der Waals surface area contributed by atoms with Gasteiger partial charge in [-0.15, -0.1) is 0 Å². The zero-order chi connectivity index (χ0) is 15.2. The molecule has 7 heteroatoms. The second kappa shape index (κ2) is 6.81. The van der Waals surface area contributed by atoms with Crippen LogP contribution in [0, 0.1) is 11.3 Å². The van der Waals surface area contributed by atoms with E-state index in [0.29, 0.717) is 31.8 Å². The summed E-state index contributed by atoms with van der Waals surface area (Å²) >= 11 is 0. The average Bonchev–Trinajstić information content (AvgIpc) is 2.53. The van der Waals surface area contributed by atoms with Crippen molar-refractivity contribution in [2.75, 3.05) is 26.2 Å². The normalized spacial score (nSPS) is 17.9. The third kappa shape index (κ3) is 4.00. The first-order chi connectivity index (χ1) is 10.1. The van der Waals surface area contributed by atoms with Crippen molar-refractivity contribution in [1.29, 1.82) is 5.26 Å². The Hall–Kier alpha value is -2.46. The Morgan fingerprint density at radius 1 is 1.57 bits per heavy atom. The van der Waals surface area contributed by atoms with Gasteiger partial charge >= 0.3 is 0 Å². The minimum atomic E-state index is -0.282. The van der Waals surface area contributed by atoms with Crippen molar-refractivity contribution in [3.05, 3.63) is 29.6 Å². The molecule has 0 unspecified atom stereocenters. The zero-order valence-electron chi connectivity index (χ0n) is 11.7. The molecular weight excluding hydrogens is 272 g/mol. The second-order valence-corrected chi connectivity index (χ2v) is 4.71. The molecule has 1 aliphatic rings. The first-order valence-corrected chi connectivity index (χ1v) is 6.61. The SMILES string of the molecule is CC(=O)N1CCO[C@@H](CNC(=O)c2ccc(C#N)nc2)C1. The van der Waals surface area contributed by atoms with Crippen LogP contribution >= 0.6 is 0 Å². The van der Waals surface area contributed by atoms with Crippen molar-refractivity contribution in [2.24, 2.45) is 0 Å². The van der Waals surface area contributed by atoms with Gasteiger partial charge in [-0.3, -0.25) is 9.59 Å². The van der Waals surface area contributed by atoms with Crippen LogP contribution in [0.15, 0.2) is 18.3 Å². The summed E-state index contributed by atoms with van der Waals surface area (Å²) < 4.78 is 5.51. The van der Waals surface area contributed by atoms with Gasteiger partial charge in [0.15, 0.2) is 0 Å². The number of morpholine rings is 1. The van der Waals surface area contributed by atoms with Crippen molar-refractivity contribution >= 4 is 11.8 Å². The molecule has 0 bridgehead atoms. The molecule has 1 atom stereocenters. The molecule has 0 aromatic carbocycles. The first kappa shape index (κ1) is 14.9. The average molecular weight is 288 g/mol. The van der Waals surface area contributed by atoms with Crippen LogP contribution in [-0.4, -0.2) is 54.0 Å². The van der Waals surface area contributed by atoms with Gasteiger partial charge in [0.05, 0.1) is 18.3 Å². The Kier molecular flexibility index (Phi) is 4.85. The topological polar surface area (TPSA) is 95.3 Å². The van der Waals surface area contributed by atoms with Crippen LogP contribution in [0.3, 0.4) is 0 Å². The third-order valence-electron chi connectivity index (χ3n) is 3.21. The van der Waals surface area contributed by atoms with Gasteiger partial charge in [-0.2, -0.15) is 5.26 Å². The van der Waals surface area contributed by atoms with Crippen LogP contribution in [-0.2, 0) is 9.53 Å². The summed E-state index contributed by atoms with van der Waals surface area (Å²) in [5.74, 6) is -0.276. The molecule has 7 nitrogen and oxygen atoms in total. The van der Waals surface area contributed by atoms with Crippen LogP contribution in [0.1, 0.15) is 23.0 Å².